The molecule has 1 aliphatic carbocycles. The van der Waals surface area contributed by atoms with Gasteiger partial charge >= 0.3 is 5.97 Å². The number of carbonyl (C=O) groups is 2. The summed E-state index contributed by atoms with van der Waals surface area (Å²) in [6.07, 6.45) is 6.66. The van der Waals surface area contributed by atoms with Gasteiger partial charge in [0.25, 0.3) is 5.91 Å². The summed E-state index contributed by atoms with van der Waals surface area (Å²) in [6, 6.07) is 6.88. The third-order valence-electron chi connectivity index (χ3n) is 7.29. The number of amides is 1. The van der Waals surface area contributed by atoms with E-state index in [0.717, 1.165) is 61.3 Å². The number of aryl methyl sites for hydroxylation is 4. The van der Waals surface area contributed by atoms with Gasteiger partial charge in [0, 0.05) is 30.8 Å². The molecule has 0 radical (unpaired) electrons. The number of carboxylic acid groups (broad SMARTS) is 1. The summed E-state index contributed by atoms with van der Waals surface area (Å²) in [5.74, 6) is 0.867. The molecule has 1 fully saturated rings. The number of ether oxygens (including phenoxy) is 2. The number of methoxy groups -OCH3 is 1. The number of aromatic nitrogens is 1. The van der Waals surface area contributed by atoms with Crippen molar-refractivity contribution in [3.63, 3.8) is 0 Å². The maximum atomic E-state index is 12.8. The topological polar surface area (TPSA) is 110 Å². The van der Waals surface area contributed by atoms with Crippen LogP contribution >= 0.6 is 0 Å². The maximum absolute atomic E-state index is 12.8. The number of benzene rings is 1. The number of aliphatic carboxylic acids is 1. The molecule has 1 aromatic heterocycles. The van der Waals surface area contributed by atoms with Gasteiger partial charge in [-0.15, -0.1) is 0 Å². The Morgan fingerprint density at radius 1 is 1.22 bits per heavy atom. The van der Waals surface area contributed by atoms with Crippen molar-refractivity contribution < 1.29 is 24.2 Å². The van der Waals surface area contributed by atoms with Gasteiger partial charge in [-0.1, -0.05) is 6.07 Å². The fourth-order valence-corrected chi connectivity index (χ4v) is 5.15. The van der Waals surface area contributed by atoms with Gasteiger partial charge in [-0.3, -0.25) is 4.79 Å². The van der Waals surface area contributed by atoms with Crippen molar-refractivity contribution in [2.45, 2.75) is 70.9 Å². The van der Waals surface area contributed by atoms with Crippen LogP contribution in [0, 0.1) is 19.8 Å². The zero-order chi connectivity index (χ0) is 25.7. The van der Waals surface area contributed by atoms with Crippen LogP contribution in [0.5, 0.6) is 5.75 Å². The van der Waals surface area contributed by atoms with E-state index in [1.807, 2.05) is 13.8 Å². The first-order valence-corrected chi connectivity index (χ1v) is 12.9. The molecule has 3 N–H and O–H groups in total. The lowest BCUT2D eigenvalue weighted by Gasteiger charge is -2.35. The van der Waals surface area contributed by atoms with E-state index in [-0.39, 0.29) is 12.5 Å². The Kier molecular flexibility index (Phi) is 8.46. The highest BCUT2D eigenvalue weighted by atomic mass is 16.5. The summed E-state index contributed by atoms with van der Waals surface area (Å²) < 4.78 is 11.2. The molecule has 1 amide bonds. The van der Waals surface area contributed by atoms with Crippen molar-refractivity contribution in [1.29, 1.82) is 0 Å². The standard InChI is InChI=1S/C28H37N3O5/c1-17-13-22(35-3)14-18(2)25(17)27(32)31-24(28(33)34)10-12-36-23-15-19(16-23)6-8-21-9-7-20-5-4-11-29-26(20)30-21/h7,9,13-14,19,23-24H,4-6,8,10-12,15-16H2,1-3H3,(H,29,30)(H,31,32)(H,33,34)/t19-,23+,24?. The van der Waals surface area contributed by atoms with E-state index in [1.165, 1.54) is 12.0 Å². The molecule has 8 nitrogen and oxygen atoms in total. The fraction of sp³-hybridized carbons (Fsp3) is 0.536. The van der Waals surface area contributed by atoms with Gasteiger partial charge in [-0.2, -0.15) is 0 Å². The van der Waals surface area contributed by atoms with Crippen LogP contribution in [-0.2, 0) is 22.4 Å². The smallest absolute Gasteiger partial charge is 0.326 e. The second-order valence-electron chi connectivity index (χ2n) is 10.00. The quantitative estimate of drug-likeness (QED) is 0.431. The number of carbonyl (C=O) groups excluding carboxylic acids is 1. The number of hydrogen-bond acceptors (Lipinski definition) is 6. The average Bonchev–Trinajstić information content (AvgIpc) is 2.83. The summed E-state index contributed by atoms with van der Waals surface area (Å²) in [5.41, 5.74) is 4.41. The first kappa shape index (κ1) is 25.9. The van der Waals surface area contributed by atoms with E-state index in [9.17, 15) is 14.7 Å². The van der Waals surface area contributed by atoms with Crippen LogP contribution in [0.25, 0.3) is 0 Å². The number of fused-ring (bicyclic) bond motifs is 1. The first-order valence-electron chi connectivity index (χ1n) is 12.9. The molecule has 1 aromatic carbocycles. The maximum Gasteiger partial charge on any atom is 0.326 e. The molecule has 8 heteroatoms. The third kappa shape index (κ3) is 6.35. The SMILES string of the molecule is COc1cc(C)c(C(=O)NC(CCO[C@H]2C[C@@H](CCc3ccc4c(n3)NCCC4)C2)C(=O)O)c(C)c1. The van der Waals surface area contributed by atoms with Gasteiger partial charge in [0.05, 0.1) is 13.2 Å². The lowest BCUT2D eigenvalue weighted by molar-refractivity contribution is -0.140. The van der Waals surface area contributed by atoms with E-state index in [2.05, 4.69) is 22.8 Å². The number of rotatable bonds is 11. The van der Waals surface area contributed by atoms with E-state index in [1.54, 1.807) is 19.2 Å². The molecule has 194 valence electrons. The van der Waals surface area contributed by atoms with Gasteiger partial charge in [0.1, 0.15) is 17.6 Å². The van der Waals surface area contributed by atoms with Crippen molar-refractivity contribution in [1.82, 2.24) is 10.3 Å². The summed E-state index contributed by atoms with van der Waals surface area (Å²) in [4.78, 5) is 29.3. The molecule has 0 bridgehead atoms. The Bertz CT molecular complexity index is 1070. The lowest BCUT2D eigenvalue weighted by Crippen LogP contribution is -2.42. The van der Waals surface area contributed by atoms with Gasteiger partial charge in [-0.05, 0) is 93.2 Å². The van der Waals surface area contributed by atoms with Gasteiger partial charge in [0.2, 0.25) is 0 Å². The van der Waals surface area contributed by atoms with E-state index < -0.39 is 17.9 Å². The zero-order valence-corrected chi connectivity index (χ0v) is 21.4. The highest BCUT2D eigenvalue weighted by Gasteiger charge is 2.30. The predicted molar refractivity (Wildman–Crippen MR) is 138 cm³/mol. The Morgan fingerprint density at radius 3 is 2.67 bits per heavy atom. The van der Waals surface area contributed by atoms with Gasteiger partial charge in [-0.25, -0.2) is 9.78 Å². The fourth-order valence-electron chi connectivity index (χ4n) is 5.15. The molecule has 2 heterocycles. The van der Waals surface area contributed by atoms with Gasteiger partial charge < -0.3 is 25.2 Å². The van der Waals surface area contributed by atoms with Crippen molar-refractivity contribution in [3.8, 4) is 5.75 Å². The molecular weight excluding hydrogens is 458 g/mol. The monoisotopic (exact) mass is 495 g/mol. The van der Waals surface area contributed by atoms with E-state index in [4.69, 9.17) is 14.5 Å². The minimum absolute atomic E-state index is 0.157. The Morgan fingerprint density at radius 2 is 1.97 bits per heavy atom. The number of nitrogens with one attached hydrogen (secondary N) is 2. The molecule has 1 unspecified atom stereocenters. The van der Waals surface area contributed by atoms with Gasteiger partial charge in [0.15, 0.2) is 0 Å². The Hall–Kier alpha value is -3.13. The molecule has 0 saturated heterocycles. The Balaban J connectivity index is 1.18. The third-order valence-corrected chi connectivity index (χ3v) is 7.29. The van der Waals surface area contributed by atoms with Crippen molar-refractivity contribution >= 4 is 17.7 Å². The van der Waals surface area contributed by atoms with Crippen molar-refractivity contribution in [2.75, 3.05) is 25.6 Å². The van der Waals surface area contributed by atoms with Crippen LogP contribution in [0.3, 0.4) is 0 Å². The average molecular weight is 496 g/mol. The number of hydrogen-bond donors (Lipinski definition) is 3. The largest absolute Gasteiger partial charge is 0.497 e. The molecule has 2 aliphatic rings. The van der Waals surface area contributed by atoms with Crippen LogP contribution in [-0.4, -0.2) is 54.4 Å². The Labute approximate surface area is 212 Å². The summed E-state index contributed by atoms with van der Waals surface area (Å²) in [5, 5.41) is 15.7. The van der Waals surface area contributed by atoms with E-state index in [0.29, 0.717) is 23.8 Å². The number of nitrogens with zero attached hydrogens (tertiary/aromatic N) is 1. The molecule has 4 rings (SSSR count). The minimum atomic E-state index is -1.06. The molecule has 36 heavy (non-hydrogen) atoms. The first-order chi connectivity index (χ1) is 17.3. The molecular formula is C28H37N3O5. The van der Waals surface area contributed by atoms with E-state index >= 15 is 0 Å². The van der Waals surface area contributed by atoms with Crippen LogP contribution in [0.4, 0.5) is 5.82 Å². The van der Waals surface area contributed by atoms with Crippen LogP contribution < -0.4 is 15.4 Å². The number of carboxylic acids is 1. The van der Waals surface area contributed by atoms with Crippen LogP contribution in [0.1, 0.15) is 64.8 Å². The molecule has 1 saturated carbocycles. The second-order valence-corrected chi connectivity index (χ2v) is 10.00. The summed E-state index contributed by atoms with van der Waals surface area (Å²) >= 11 is 0. The molecule has 1 aliphatic heterocycles. The van der Waals surface area contributed by atoms with Crippen molar-refractivity contribution in [3.05, 3.63) is 52.2 Å². The predicted octanol–water partition coefficient (Wildman–Crippen LogP) is 4.07. The minimum Gasteiger partial charge on any atom is -0.497 e. The van der Waals surface area contributed by atoms with Crippen molar-refractivity contribution in [2.24, 2.45) is 5.92 Å². The molecule has 1 atom stereocenters. The summed E-state index contributed by atoms with van der Waals surface area (Å²) in [6.45, 7) is 4.93. The number of anilines is 1. The molecule has 0 spiro atoms. The second kappa shape index (κ2) is 11.7. The normalized spacial score (nSPS) is 19.4. The lowest BCUT2D eigenvalue weighted by atomic mass is 9.79. The summed E-state index contributed by atoms with van der Waals surface area (Å²) in [7, 11) is 1.57. The highest BCUT2D eigenvalue weighted by Crippen LogP contribution is 2.34. The van der Waals surface area contributed by atoms with Crippen LogP contribution in [0.2, 0.25) is 0 Å². The number of pyridine rings is 1. The zero-order valence-electron chi connectivity index (χ0n) is 21.4. The van der Waals surface area contributed by atoms with Crippen LogP contribution in [0.15, 0.2) is 24.3 Å². The molecule has 2 aromatic rings. The highest BCUT2D eigenvalue weighted by molar-refractivity contribution is 5.99.